The van der Waals surface area contributed by atoms with Crippen LogP contribution in [0.2, 0.25) is 0 Å². The van der Waals surface area contributed by atoms with Gasteiger partial charge in [-0.05, 0) is 27.2 Å². The number of carbonyl (C=O) groups excluding carboxylic acids is 2. The number of rotatable bonds is 6. The van der Waals surface area contributed by atoms with E-state index in [1.807, 2.05) is 27.7 Å². The molecule has 0 spiro atoms. The zero-order valence-corrected chi connectivity index (χ0v) is 15.8. The number of halogens is 1. The highest BCUT2D eigenvalue weighted by Crippen LogP contribution is 1.96. The summed E-state index contributed by atoms with van der Waals surface area (Å²) in [6.07, 6.45) is 0.895. The van der Waals surface area contributed by atoms with Gasteiger partial charge in [-0.25, -0.2) is 0 Å². The molecule has 2 amide bonds. The van der Waals surface area contributed by atoms with E-state index in [1.165, 1.54) is 0 Å². The summed E-state index contributed by atoms with van der Waals surface area (Å²) in [7, 11) is 1.58. The molecule has 124 valence electrons. The molecule has 0 aromatic carbocycles. The van der Waals surface area contributed by atoms with Crippen molar-refractivity contribution in [3.63, 3.8) is 0 Å². The van der Waals surface area contributed by atoms with Gasteiger partial charge in [0.2, 0.25) is 11.8 Å². The van der Waals surface area contributed by atoms with E-state index in [1.54, 1.807) is 7.05 Å². The lowest BCUT2D eigenvalue weighted by molar-refractivity contribution is -0.121. The number of aliphatic imine (C=N–C) groups is 1. The van der Waals surface area contributed by atoms with Crippen molar-refractivity contribution in [3.05, 3.63) is 0 Å². The first-order valence-electron chi connectivity index (χ1n) is 6.80. The van der Waals surface area contributed by atoms with E-state index >= 15 is 0 Å². The summed E-state index contributed by atoms with van der Waals surface area (Å²) in [5, 5.41) is 11.3. The van der Waals surface area contributed by atoms with Gasteiger partial charge >= 0.3 is 0 Å². The molecule has 8 heteroatoms. The van der Waals surface area contributed by atoms with Gasteiger partial charge in [0.15, 0.2) is 5.96 Å². The SMILES string of the molecule is CCCNC(=O)CNC(=NC)NCC(=O)NC(C)(C)C.I. The minimum Gasteiger partial charge on any atom is -0.355 e. The van der Waals surface area contributed by atoms with Gasteiger partial charge in [-0.15, -0.1) is 24.0 Å². The van der Waals surface area contributed by atoms with Crippen LogP contribution in [0.4, 0.5) is 0 Å². The fraction of sp³-hybridized carbons (Fsp3) is 0.769. The van der Waals surface area contributed by atoms with Crippen LogP contribution < -0.4 is 21.3 Å². The fourth-order valence-corrected chi connectivity index (χ4v) is 1.34. The molecule has 0 saturated heterocycles. The van der Waals surface area contributed by atoms with Crippen molar-refractivity contribution < 1.29 is 9.59 Å². The van der Waals surface area contributed by atoms with Crippen molar-refractivity contribution in [2.24, 2.45) is 4.99 Å². The fourth-order valence-electron chi connectivity index (χ4n) is 1.34. The third kappa shape index (κ3) is 13.7. The number of nitrogens with one attached hydrogen (secondary N) is 4. The Morgan fingerprint density at radius 1 is 1.00 bits per heavy atom. The predicted octanol–water partition coefficient (Wildman–Crippen LogP) is 0.210. The number of nitrogens with zero attached hydrogens (tertiary/aromatic N) is 1. The summed E-state index contributed by atoms with van der Waals surface area (Å²) in [6.45, 7) is 8.61. The van der Waals surface area contributed by atoms with Crippen molar-refractivity contribution in [3.8, 4) is 0 Å². The van der Waals surface area contributed by atoms with Gasteiger partial charge in [0.05, 0.1) is 13.1 Å². The van der Waals surface area contributed by atoms with Crippen LogP contribution in [-0.2, 0) is 9.59 Å². The molecule has 7 nitrogen and oxygen atoms in total. The molecule has 0 unspecified atom stereocenters. The Morgan fingerprint density at radius 3 is 1.95 bits per heavy atom. The van der Waals surface area contributed by atoms with Crippen molar-refractivity contribution in [2.45, 2.75) is 39.7 Å². The topological polar surface area (TPSA) is 94.6 Å². The zero-order valence-electron chi connectivity index (χ0n) is 13.5. The zero-order chi connectivity index (χ0) is 15.6. The largest absolute Gasteiger partial charge is 0.355 e. The second kappa shape index (κ2) is 11.6. The highest BCUT2D eigenvalue weighted by atomic mass is 127. The highest BCUT2D eigenvalue weighted by molar-refractivity contribution is 14.0. The lowest BCUT2D eigenvalue weighted by Crippen LogP contribution is -2.49. The molecule has 0 bridgehead atoms. The Kier molecular flexibility index (Phi) is 12.3. The molecule has 0 rings (SSSR count). The Hall–Kier alpha value is -1.06. The second-order valence-corrected chi connectivity index (χ2v) is 5.43. The molecule has 0 aliphatic heterocycles. The quantitative estimate of drug-likeness (QED) is 0.285. The number of amides is 2. The van der Waals surface area contributed by atoms with Gasteiger partial charge in [-0.1, -0.05) is 6.92 Å². The molecule has 0 atom stereocenters. The molecule has 0 aromatic rings. The lowest BCUT2D eigenvalue weighted by atomic mass is 10.1. The predicted molar refractivity (Wildman–Crippen MR) is 96.0 cm³/mol. The smallest absolute Gasteiger partial charge is 0.239 e. The summed E-state index contributed by atoms with van der Waals surface area (Å²) in [5.74, 6) is 0.186. The van der Waals surface area contributed by atoms with Crippen LogP contribution in [0.1, 0.15) is 34.1 Å². The van der Waals surface area contributed by atoms with Crippen LogP contribution in [0.5, 0.6) is 0 Å². The molecule has 21 heavy (non-hydrogen) atoms. The average Bonchev–Trinajstić information content (AvgIpc) is 2.34. The second-order valence-electron chi connectivity index (χ2n) is 5.43. The Labute approximate surface area is 144 Å². The highest BCUT2D eigenvalue weighted by Gasteiger charge is 2.13. The van der Waals surface area contributed by atoms with E-state index in [4.69, 9.17) is 0 Å². The average molecular weight is 413 g/mol. The third-order valence-electron chi connectivity index (χ3n) is 2.14. The third-order valence-corrected chi connectivity index (χ3v) is 2.14. The number of carbonyl (C=O) groups is 2. The van der Waals surface area contributed by atoms with E-state index in [0.29, 0.717) is 12.5 Å². The van der Waals surface area contributed by atoms with E-state index in [-0.39, 0.29) is 54.4 Å². The lowest BCUT2D eigenvalue weighted by Gasteiger charge is -2.21. The first-order valence-corrected chi connectivity index (χ1v) is 6.80. The van der Waals surface area contributed by atoms with E-state index in [2.05, 4.69) is 26.3 Å². The maximum atomic E-state index is 11.6. The summed E-state index contributed by atoms with van der Waals surface area (Å²) < 4.78 is 0. The van der Waals surface area contributed by atoms with Gasteiger partial charge in [0.25, 0.3) is 0 Å². The summed E-state index contributed by atoms with van der Waals surface area (Å²) in [5.41, 5.74) is -0.268. The Morgan fingerprint density at radius 2 is 1.52 bits per heavy atom. The Bertz CT molecular complexity index is 353. The normalized spacial score (nSPS) is 11.2. The molecule has 0 aliphatic rings. The van der Waals surface area contributed by atoms with Crippen molar-refractivity contribution in [1.29, 1.82) is 0 Å². The van der Waals surface area contributed by atoms with E-state index < -0.39 is 0 Å². The van der Waals surface area contributed by atoms with Crippen molar-refractivity contribution in [2.75, 3.05) is 26.7 Å². The van der Waals surface area contributed by atoms with E-state index in [9.17, 15) is 9.59 Å². The Balaban J connectivity index is 0. The van der Waals surface area contributed by atoms with Gasteiger partial charge in [-0.2, -0.15) is 0 Å². The van der Waals surface area contributed by atoms with Crippen LogP contribution in [0.3, 0.4) is 0 Å². The minimum absolute atomic E-state index is 0. The van der Waals surface area contributed by atoms with Crippen LogP contribution >= 0.6 is 24.0 Å². The molecule has 0 heterocycles. The molecule has 0 aromatic heterocycles. The molecule has 0 aliphatic carbocycles. The minimum atomic E-state index is -0.268. The first-order chi connectivity index (χ1) is 9.28. The molecular formula is C13H28IN5O2. The molecule has 0 radical (unpaired) electrons. The molecule has 0 saturated carbocycles. The monoisotopic (exact) mass is 413 g/mol. The van der Waals surface area contributed by atoms with Crippen molar-refractivity contribution >= 4 is 41.8 Å². The molecular weight excluding hydrogens is 385 g/mol. The summed E-state index contributed by atoms with van der Waals surface area (Å²) in [6, 6.07) is 0. The summed E-state index contributed by atoms with van der Waals surface area (Å²) in [4.78, 5) is 27.0. The number of hydrogen-bond donors (Lipinski definition) is 4. The maximum Gasteiger partial charge on any atom is 0.239 e. The molecule has 4 N–H and O–H groups in total. The molecule has 0 fully saturated rings. The van der Waals surface area contributed by atoms with Crippen molar-refractivity contribution in [1.82, 2.24) is 21.3 Å². The van der Waals surface area contributed by atoms with Crippen LogP contribution in [0.15, 0.2) is 4.99 Å². The summed E-state index contributed by atoms with van der Waals surface area (Å²) >= 11 is 0. The van der Waals surface area contributed by atoms with Gasteiger partial charge < -0.3 is 21.3 Å². The number of hydrogen-bond acceptors (Lipinski definition) is 3. The maximum absolute atomic E-state index is 11.6. The van der Waals surface area contributed by atoms with Gasteiger partial charge in [-0.3, -0.25) is 14.6 Å². The van der Waals surface area contributed by atoms with Crippen LogP contribution in [0, 0.1) is 0 Å². The van der Waals surface area contributed by atoms with E-state index in [0.717, 1.165) is 6.42 Å². The van der Waals surface area contributed by atoms with Gasteiger partial charge in [0.1, 0.15) is 0 Å². The first kappa shape index (κ1) is 22.2. The van der Waals surface area contributed by atoms with Gasteiger partial charge in [0, 0.05) is 19.1 Å². The van der Waals surface area contributed by atoms with Crippen LogP contribution in [-0.4, -0.2) is 50.0 Å². The number of guanidine groups is 1. The standard InChI is InChI=1S/C13H27N5O2.HI/c1-6-7-15-10(19)8-16-12(14-5)17-9-11(20)18-13(2,3)4;/h6-9H2,1-5H3,(H,15,19)(H,18,20)(H2,14,16,17);1H. The van der Waals surface area contributed by atoms with Crippen LogP contribution in [0.25, 0.3) is 0 Å².